The van der Waals surface area contributed by atoms with Crippen LogP contribution in [-0.2, 0) is 14.3 Å². The fraction of sp³-hybridized carbons (Fsp3) is 0.333. The van der Waals surface area contributed by atoms with Crippen molar-refractivity contribution in [3.05, 3.63) is 28.8 Å². The van der Waals surface area contributed by atoms with Gasteiger partial charge in [0.1, 0.15) is 6.04 Å². The van der Waals surface area contributed by atoms with Crippen LogP contribution < -0.4 is 5.32 Å². The number of carbonyl (C=O) groups excluding carboxylic acids is 2. The summed E-state index contributed by atoms with van der Waals surface area (Å²) in [5, 5.41) is 3.28. The molecule has 1 atom stereocenters. The Hall–Kier alpha value is -1.75. The van der Waals surface area contributed by atoms with Gasteiger partial charge in [0.15, 0.2) is 0 Å². The van der Waals surface area contributed by atoms with E-state index in [9.17, 15) is 9.59 Å². The highest BCUT2D eigenvalue weighted by Crippen LogP contribution is 2.22. The van der Waals surface area contributed by atoms with Gasteiger partial charge in [0, 0.05) is 10.7 Å². The molecule has 18 heavy (non-hydrogen) atoms. The predicted octanol–water partition coefficient (Wildman–Crippen LogP) is 2.10. The fourth-order valence-electron chi connectivity index (χ4n) is 1.39. The number of carbonyl (C=O) groups is 2. The number of hydrogen-bond donors (Lipinski definition) is 1. The molecular formula is C12H14ClNO4. The lowest BCUT2D eigenvalue weighted by molar-refractivity contribution is -0.141. The van der Waals surface area contributed by atoms with Crippen molar-refractivity contribution >= 4 is 29.2 Å². The summed E-state index contributed by atoms with van der Waals surface area (Å²) in [6.07, 6.45) is 0. The smallest absolute Gasteiger partial charge is 0.340 e. The van der Waals surface area contributed by atoms with Gasteiger partial charge in [0.25, 0.3) is 0 Å². The van der Waals surface area contributed by atoms with Crippen LogP contribution in [0.2, 0.25) is 5.02 Å². The van der Waals surface area contributed by atoms with Gasteiger partial charge in [-0.3, -0.25) is 0 Å². The minimum atomic E-state index is -0.584. The zero-order valence-corrected chi connectivity index (χ0v) is 11.1. The summed E-state index contributed by atoms with van der Waals surface area (Å²) in [4.78, 5) is 22.9. The molecule has 6 heteroatoms. The Morgan fingerprint density at radius 2 is 1.94 bits per heavy atom. The van der Waals surface area contributed by atoms with Gasteiger partial charge in [-0.15, -0.1) is 0 Å². The molecule has 1 unspecified atom stereocenters. The minimum absolute atomic E-state index is 0.265. The molecule has 1 aromatic rings. The van der Waals surface area contributed by atoms with Gasteiger partial charge >= 0.3 is 11.9 Å². The maximum atomic E-state index is 11.6. The SMILES string of the molecule is COC(=O)c1cc(Cl)ccc1NC(C)C(=O)OC. The number of methoxy groups -OCH3 is 2. The molecule has 0 fully saturated rings. The quantitative estimate of drug-likeness (QED) is 0.850. The van der Waals surface area contributed by atoms with Crippen LogP contribution in [0.4, 0.5) is 5.69 Å². The summed E-state index contributed by atoms with van der Waals surface area (Å²) >= 11 is 5.82. The van der Waals surface area contributed by atoms with Crippen LogP contribution in [-0.4, -0.2) is 32.2 Å². The molecule has 0 saturated heterocycles. The van der Waals surface area contributed by atoms with Crippen LogP contribution in [0.25, 0.3) is 0 Å². The Balaban J connectivity index is 3.01. The van der Waals surface area contributed by atoms with Crippen LogP contribution in [0, 0.1) is 0 Å². The second-order valence-corrected chi connectivity index (χ2v) is 4.01. The molecule has 0 amide bonds. The number of hydrogen-bond acceptors (Lipinski definition) is 5. The first kappa shape index (κ1) is 14.3. The highest BCUT2D eigenvalue weighted by molar-refractivity contribution is 6.31. The van der Waals surface area contributed by atoms with Crippen LogP contribution in [0.15, 0.2) is 18.2 Å². The van der Waals surface area contributed by atoms with Gasteiger partial charge in [0.2, 0.25) is 0 Å². The van der Waals surface area contributed by atoms with Crippen molar-refractivity contribution in [3.8, 4) is 0 Å². The van der Waals surface area contributed by atoms with E-state index in [0.717, 1.165) is 0 Å². The van der Waals surface area contributed by atoms with E-state index in [1.54, 1.807) is 19.1 Å². The second kappa shape index (κ2) is 6.26. The van der Waals surface area contributed by atoms with E-state index < -0.39 is 18.0 Å². The molecule has 0 aliphatic carbocycles. The lowest BCUT2D eigenvalue weighted by Gasteiger charge is -2.15. The molecule has 0 bridgehead atoms. The molecule has 1 N–H and O–H groups in total. The first-order valence-electron chi connectivity index (χ1n) is 5.21. The Morgan fingerprint density at radius 1 is 1.28 bits per heavy atom. The fourth-order valence-corrected chi connectivity index (χ4v) is 1.56. The van der Waals surface area contributed by atoms with E-state index in [1.807, 2.05) is 0 Å². The van der Waals surface area contributed by atoms with Crippen LogP contribution in [0.1, 0.15) is 17.3 Å². The first-order valence-corrected chi connectivity index (χ1v) is 5.59. The number of halogens is 1. The Bertz CT molecular complexity index is 461. The van der Waals surface area contributed by atoms with Crippen LogP contribution >= 0.6 is 11.6 Å². The first-order chi connectivity index (χ1) is 8.49. The van der Waals surface area contributed by atoms with Crippen molar-refractivity contribution in [1.82, 2.24) is 0 Å². The zero-order chi connectivity index (χ0) is 13.7. The Kier molecular flexibility index (Phi) is 4.97. The number of esters is 2. The van der Waals surface area contributed by atoms with Crippen molar-refractivity contribution in [3.63, 3.8) is 0 Å². The third kappa shape index (κ3) is 3.37. The van der Waals surface area contributed by atoms with E-state index in [0.29, 0.717) is 10.7 Å². The van der Waals surface area contributed by atoms with Gasteiger partial charge < -0.3 is 14.8 Å². The van der Waals surface area contributed by atoms with Crippen molar-refractivity contribution < 1.29 is 19.1 Å². The van der Waals surface area contributed by atoms with Crippen molar-refractivity contribution in [2.24, 2.45) is 0 Å². The summed E-state index contributed by atoms with van der Waals surface area (Å²) in [5.74, 6) is -0.960. The monoisotopic (exact) mass is 271 g/mol. The molecule has 0 radical (unpaired) electrons. The highest BCUT2D eigenvalue weighted by atomic mass is 35.5. The number of benzene rings is 1. The van der Waals surface area contributed by atoms with E-state index in [4.69, 9.17) is 11.6 Å². The Morgan fingerprint density at radius 3 is 2.50 bits per heavy atom. The number of ether oxygens (including phenoxy) is 2. The van der Waals surface area contributed by atoms with E-state index >= 15 is 0 Å². The standard InChI is InChI=1S/C12H14ClNO4/c1-7(11(15)17-2)14-10-5-4-8(13)6-9(10)12(16)18-3/h4-7,14H,1-3H3. The second-order valence-electron chi connectivity index (χ2n) is 3.57. The summed E-state index contributed by atoms with van der Waals surface area (Å²) in [6.45, 7) is 1.63. The summed E-state index contributed by atoms with van der Waals surface area (Å²) in [7, 11) is 2.57. The highest BCUT2D eigenvalue weighted by Gasteiger charge is 2.18. The average Bonchev–Trinajstić information content (AvgIpc) is 2.38. The molecule has 98 valence electrons. The van der Waals surface area contributed by atoms with Crippen LogP contribution in [0.5, 0.6) is 0 Å². The van der Waals surface area contributed by atoms with E-state index in [1.165, 1.54) is 20.3 Å². The van der Waals surface area contributed by atoms with Crippen molar-refractivity contribution in [2.45, 2.75) is 13.0 Å². The largest absolute Gasteiger partial charge is 0.467 e. The zero-order valence-electron chi connectivity index (χ0n) is 10.3. The lowest BCUT2D eigenvalue weighted by atomic mass is 10.1. The average molecular weight is 272 g/mol. The number of rotatable bonds is 4. The van der Waals surface area contributed by atoms with Crippen molar-refractivity contribution in [2.75, 3.05) is 19.5 Å². The minimum Gasteiger partial charge on any atom is -0.467 e. The maximum Gasteiger partial charge on any atom is 0.340 e. The van der Waals surface area contributed by atoms with Gasteiger partial charge in [-0.1, -0.05) is 11.6 Å². The summed E-state index contributed by atoms with van der Waals surface area (Å²) < 4.78 is 9.24. The Labute approximate surface area is 110 Å². The normalized spacial score (nSPS) is 11.6. The van der Waals surface area contributed by atoms with Gasteiger partial charge in [-0.25, -0.2) is 9.59 Å². The molecule has 0 heterocycles. The molecule has 1 aromatic carbocycles. The predicted molar refractivity (Wildman–Crippen MR) is 67.9 cm³/mol. The van der Waals surface area contributed by atoms with Crippen molar-refractivity contribution in [1.29, 1.82) is 0 Å². The topological polar surface area (TPSA) is 64.6 Å². The molecule has 0 aliphatic heterocycles. The van der Waals surface area contributed by atoms with Gasteiger partial charge in [-0.05, 0) is 25.1 Å². The van der Waals surface area contributed by atoms with E-state index in [-0.39, 0.29) is 5.56 Å². The molecule has 5 nitrogen and oxygen atoms in total. The van der Waals surface area contributed by atoms with Gasteiger partial charge in [0.05, 0.1) is 19.8 Å². The van der Waals surface area contributed by atoms with Gasteiger partial charge in [-0.2, -0.15) is 0 Å². The lowest BCUT2D eigenvalue weighted by Crippen LogP contribution is -2.28. The molecular weight excluding hydrogens is 258 g/mol. The molecule has 0 aromatic heterocycles. The molecule has 0 saturated carbocycles. The summed E-state index contributed by atoms with van der Waals surface area (Å²) in [5.41, 5.74) is 0.727. The number of nitrogens with one attached hydrogen (secondary N) is 1. The molecule has 0 aliphatic rings. The molecule has 1 rings (SSSR count). The summed E-state index contributed by atoms with van der Waals surface area (Å²) in [6, 6.07) is 4.10. The third-order valence-corrected chi connectivity index (χ3v) is 2.55. The number of anilines is 1. The molecule has 0 spiro atoms. The maximum absolute atomic E-state index is 11.6. The van der Waals surface area contributed by atoms with Crippen LogP contribution in [0.3, 0.4) is 0 Å². The third-order valence-electron chi connectivity index (χ3n) is 2.31. The van der Waals surface area contributed by atoms with E-state index in [2.05, 4.69) is 14.8 Å².